The van der Waals surface area contributed by atoms with E-state index in [1.807, 2.05) is 0 Å². The van der Waals surface area contributed by atoms with Gasteiger partial charge in [0.25, 0.3) is 5.91 Å². The molecular weight excluding hydrogens is 459 g/mol. The zero-order valence-corrected chi connectivity index (χ0v) is 19.7. The summed E-state index contributed by atoms with van der Waals surface area (Å²) in [6, 6.07) is 4.82. The van der Waals surface area contributed by atoms with Gasteiger partial charge in [-0.15, -0.1) is 0 Å². The third kappa shape index (κ3) is 5.08. The molecular formula is C21H26Cl2N4O3S. The molecule has 1 aromatic heterocycles. The molecule has 2 fully saturated rings. The first-order valence-corrected chi connectivity index (χ1v) is 12.6. The number of sulfonamides is 1. The number of carbonyl (C=O) groups is 1. The molecule has 4 rings (SSSR count). The monoisotopic (exact) mass is 484 g/mol. The topological polar surface area (TPSA) is 84.3 Å². The van der Waals surface area contributed by atoms with Gasteiger partial charge in [0.05, 0.1) is 16.8 Å². The summed E-state index contributed by atoms with van der Waals surface area (Å²) in [5.74, 6) is 0.430. The number of hydrogen-bond donors (Lipinski definition) is 1. The molecule has 0 spiro atoms. The van der Waals surface area contributed by atoms with E-state index in [4.69, 9.17) is 23.2 Å². The van der Waals surface area contributed by atoms with Gasteiger partial charge < -0.3 is 5.32 Å². The maximum Gasteiger partial charge on any atom is 0.252 e. The number of nitrogens with one attached hydrogen (secondary N) is 1. The van der Waals surface area contributed by atoms with Crippen LogP contribution in [0.25, 0.3) is 0 Å². The molecule has 0 radical (unpaired) electrons. The Morgan fingerprint density at radius 2 is 1.97 bits per heavy atom. The molecule has 0 atom stereocenters. The van der Waals surface area contributed by atoms with Crippen molar-refractivity contribution in [2.24, 2.45) is 18.4 Å². The molecule has 1 saturated heterocycles. The Hall–Kier alpha value is -1.61. The third-order valence-corrected chi connectivity index (χ3v) is 8.72. The minimum atomic E-state index is -3.56. The molecule has 31 heavy (non-hydrogen) atoms. The highest BCUT2D eigenvalue weighted by molar-refractivity contribution is 7.89. The van der Waals surface area contributed by atoms with Crippen LogP contribution in [-0.2, 0) is 17.1 Å². The van der Waals surface area contributed by atoms with Gasteiger partial charge in [-0.1, -0.05) is 36.0 Å². The lowest BCUT2D eigenvalue weighted by Crippen LogP contribution is -2.48. The van der Waals surface area contributed by atoms with E-state index in [9.17, 15) is 13.2 Å². The predicted molar refractivity (Wildman–Crippen MR) is 120 cm³/mol. The van der Waals surface area contributed by atoms with E-state index in [1.54, 1.807) is 25.2 Å². The first kappa shape index (κ1) is 22.6. The van der Waals surface area contributed by atoms with Crippen LogP contribution in [0.15, 0.2) is 35.5 Å². The summed E-state index contributed by atoms with van der Waals surface area (Å²) in [4.78, 5) is 12.9. The van der Waals surface area contributed by atoms with E-state index in [-0.39, 0.29) is 16.2 Å². The van der Waals surface area contributed by atoms with Crippen molar-refractivity contribution in [3.05, 3.63) is 46.2 Å². The fourth-order valence-corrected chi connectivity index (χ4v) is 6.23. The molecule has 2 aliphatic rings. The van der Waals surface area contributed by atoms with Crippen LogP contribution in [-0.4, -0.2) is 48.0 Å². The van der Waals surface area contributed by atoms with Crippen LogP contribution >= 0.6 is 23.2 Å². The first-order valence-electron chi connectivity index (χ1n) is 10.4. The van der Waals surface area contributed by atoms with Crippen molar-refractivity contribution in [1.29, 1.82) is 0 Å². The Kier molecular flexibility index (Phi) is 6.36. The molecule has 2 aromatic rings. The Bertz CT molecular complexity index is 1070. The largest absolute Gasteiger partial charge is 0.351 e. The SMILES string of the molecule is Cn1cc(S(=O)(=O)N2CCC(CNC(=O)c3ccc(Cl)cc3Cl)(CC3CC3)CC2)cn1. The van der Waals surface area contributed by atoms with Crippen molar-refractivity contribution < 1.29 is 13.2 Å². The number of amides is 1. The molecule has 7 nitrogen and oxygen atoms in total. The second kappa shape index (κ2) is 8.73. The zero-order valence-electron chi connectivity index (χ0n) is 17.4. The molecule has 1 aliphatic heterocycles. The number of hydrogen-bond acceptors (Lipinski definition) is 4. The number of piperidine rings is 1. The Labute approximate surface area is 192 Å². The Balaban J connectivity index is 1.44. The number of aryl methyl sites for hydroxylation is 1. The van der Waals surface area contributed by atoms with E-state index < -0.39 is 10.0 Å². The van der Waals surface area contributed by atoms with Gasteiger partial charge in [0, 0.05) is 37.9 Å². The standard InChI is InChI=1S/C21H26Cl2N4O3S/c1-26-13-17(12-25-26)31(29,30)27-8-6-21(7-9-27,11-15-2-3-15)14-24-20(28)18-5-4-16(22)10-19(18)23/h4-5,10,12-13,15H,2-3,6-9,11,14H2,1H3,(H,24,28). The number of aromatic nitrogens is 2. The highest BCUT2D eigenvalue weighted by atomic mass is 35.5. The van der Waals surface area contributed by atoms with Crippen molar-refractivity contribution in [3.8, 4) is 0 Å². The Morgan fingerprint density at radius 1 is 1.26 bits per heavy atom. The number of carbonyl (C=O) groups excluding carboxylic acids is 1. The second-order valence-electron chi connectivity index (χ2n) is 8.71. The summed E-state index contributed by atoms with van der Waals surface area (Å²) >= 11 is 12.1. The van der Waals surface area contributed by atoms with Crippen LogP contribution in [0.3, 0.4) is 0 Å². The van der Waals surface area contributed by atoms with E-state index >= 15 is 0 Å². The van der Waals surface area contributed by atoms with E-state index in [1.165, 1.54) is 34.2 Å². The van der Waals surface area contributed by atoms with Gasteiger partial charge in [-0.2, -0.15) is 9.40 Å². The molecule has 168 valence electrons. The molecule has 1 aliphatic carbocycles. The molecule has 2 heterocycles. The van der Waals surface area contributed by atoms with Gasteiger partial charge >= 0.3 is 0 Å². The second-order valence-corrected chi connectivity index (χ2v) is 11.5. The van der Waals surface area contributed by atoms with Gasteiger partial charge in [-0.3, -0.25) is 9.48 Å². The average Bonchev–Trinajstić information content (AvgIpc) is 3.42. The van der Waals surface area contributed by atoms with Crippen LogP contribution < -0.4 is 5.32 Å². The van der Waals surface area contributed by atoms with Gasteiger partial charge in [-0.25, -0.2) is 8.42 Å². The first-order chi connectivity index (χ1) is 14.7. The van der Waals surface area contributed by atoms with Crippen LogP contribution in [0.2, 0.25) is 10.0 Å². The molecule has 1 aromatic carbocycles. The van der Waals surface area contributed by atoms with Gasteiger partial charge in [0.1, 0.15) is 4.90 Å². The van der Waals surface area contributed by atoms with Crippen LogP contribution in [0.4, 0.5) is 0 Å². The lowest BCUT2D eigenvalue weighted by molar-refractivity contribution is 0.0871. The summed E-state index contributed by atoms with van der Waals surface area (Å²) in [6.07, 6.45) is 7.74. The lowest BCUT2D eigenvalue weighted by Gasteiger charge is -2.41. The summed E-state index contributed by atoms with van der Waals surface area (Å²) in [6.45, 7) is 1.37. The van der Waals surface area contributed by atoms with Gasteiger partial charge in [0.2, 0.25) is 10.0 Å². The fraction of sp³-hybridized carbons (Fsp3) is 0.524. The minimum Gasteiger partial charge on any atom is -0.351 e. The number of nitrogens with zero attached hydrogens (tertiary/aromatic N) is 3. The van der Waals surface area contributed by atoms with Crippen molar-refractivity contribution >= 4 is 39.1 Å². The predicted octanol–water partition coefficient (Wildman–Crippen LogP) is 3.73. The van der Waals surface area contributed by atoms with E-state index in [2.05, 4.69) is 10.4 Å². The number of benzene rings is 1. The lowest BCUT2D eigenvalue weighted by atomic mass is 9.74. The summed E-state index contributed by atoms with van der Waals surface area (Å²) in [5, 5.41) is 7.83. The van der Waals surface area contributed by atoms with Crippen molar-refractivity contribution in [1.82, 2.24) is 19.4 Å². The van der Waals surface area contributed by atoms with Crippen molar-refractivity contribution in [3.63, 3.8) is 0 Å². The molecule has 1 saturated carbocycles. The van der Waals surface area contributed by atoms with E-state index in [0.717, 1.165) is 6.42 Å². The quantitative estimate of drug-likeness (QED) is 0.648. The third-order valence-electron chi connectivity index (χ3n) is 6.32. The normalized spacial score (nSPS) is 19.3. The number of rotatable bonds is 7. The maximum absolute atomic E-state index is 12.9. The summed E-state index contributed by atoms with van der Waals surface area (Å²) < 4.78 is 28.9. The Morgan fingerprint density at radius 3 is 2.55 bits per heavy atom. The highest BCUT2D eigenvalue weighted by Gasteiger charge is 2.42. The minimum absolute atomic E-state index is 0.114. The molecule has 1 N–H and O–H groups in total. The summed E-state index contributed by atoms with van der Waals surface area (Å²) in [7, 11) is -1.86. The van der Waals surface area contributed by atoms with Gasteiger partial charge in [-0.05, 0) is 48.8 Å². The summed E-state index contributed by atoms with van der Waals surface area (Å²) in [5.41, 5.74) is 0.278. The molecule has 0 unspecified atom stereocenters. The van der Waals surface area contributed by atoms with Crippen molar-refractivity contribution in [2.75, 3.05) is 19.6 Å². The average molecular weight is 485 g/mol. The number of halogens is 2. The molecule has 10 heteroatoms. The molecule has 1 amide bonds. The van der Waals surface area contributed by atoms with Crippen LogP contribution in [0, 0.1) is 11.3 Å². The zero-order chi connectivity index (χ0) is 22.2. The van der Waals surface area contributed by atoms with Gasteiger partial charge in [0.15, 0.2) is 0 Å². The smallest absolute Gasteiger partial charge is 0.252 e. The maximum atomic E-state index is 12.9. The van der Waals surface area contributed by atoms with E-state index in [0.29, 0.717) is 54.0 Å². The fourth-order valence-electron chi connectivity index (χ4n) is 4.31. The molecule has 0 bridgehead atoms. The highest BCUT2D eigenvalue weighted by Crippen LogP contribution is 2.46. The van der Waals surface area contributed by atoms with Crippen molar-refractivity contribution in [2.45, 2.75) is 37.0 Å². The van der Waals surface area contributed by atoms with Crippen LogP contribution in [0.1, 0.15) is 42.5 Å². The van der Waals surface area contributed by atoms with Crippen LogP contribution in [0.5, 0.6) is 0 Å².